The Kier molecular flexibility index (Phi) is 6.05. The number of rotatable bonds is 6. The number of carbonyl (C=O) groups is 1. The Morgan fingerprint density at radius 3 is 2.81 bits per heavy atom. The van der Waals surface area contributed by atoms with Crippen LogP contribution in [0.25, 0.3) is 11.5 Å². The fourth-order valence-corrected chi connectivity index (χ4v) is 3.42. The summed E-state index contributed by atoms with van der Waals surface area (Å²) in [7, 11) is 1.44. The maximum Gasteiger partial charge on any atom is 0.309 e. The fraction of sp³-hybridized carbons (Fsp3) is 0.500. The number of nitrogens with one attached hydrogen (secondary N) is 1. The molecule has 1 aromatic heterocycles. The molecule has 2 heterocycles. The maximum absolute atomic E-state index is 11.6. The van der Waals surface area contributed by atoms with Gasteiger partial charge in [0, 0.05) is 12.8 Å². The molecule has 1 aromatic carbocycles. The van der Waals surface area contributed by atoms with E-state index in [0.717, 1.165) is 37.2 Å². The van der Waals surface area contributed by atoms with Crippen molar-refractivity contribution in [2.45, 2.75) is 26.4 Å². The molecule has 1 fully saturated rings. The molecule has 0 spiro atoms. The molecule has 2 aromatic rings. The van der Waals surface area contributed by atoms with Gasteiger partial charge in [-0.2, -0.15) is 4.68 Å². The van der Waals surface area contributed by atoms with Crippen molar-refractivity contribution in [1.29, 1.82) is 0 Å². The van der Waals surface area contributed by atoms with Crippen molar-refractivity contribution in [2.24, 2.45) is 5.92 Å². The van der Waals surface area contributed by atoms with Crippen LogP contribution in [-0.2, 0) is 16.2 Å². The predicted octanol–water partition coefficient (Wildman–Crippen LogP) is 1.70. The van der Waals surface area contributed by atoms with Gasteiger partial charge < -0.3 is 18.8 Å². The lowest BCUT2D eigenvalue weighted by Crippen LogP contribution is -3.12. The van der Waals surface area contributed by atoms with Crippen molar-refractivity contribution in [3.8, 4) is 17.2 Å². The molecule has 7 nitrogen and oxygen atoms in total. The zero-order valence-electron chi connectivity index (χ0n) is 15.1. The SMILES string of the molecule is CCOc1ccccc1-c1nn(C[NH+]2CCC(C(=O)OC)CC2)c(=S)o1. The summed E-state index contributed by atoms with van der Waals surface area (Å²) in [6, 6.07) is 7.62. The van der Waals surface area contributed by atoms with E-state index >= 15 is 0 Å². The van der Waals surface area contributed by atoms with Gasteiger partial charge in [0.2, 0.25) is 0 Å². The number of carbonyl (C=O) groups excluding carboxylic acids is 1. The van der Waals surface area contributed by atoms with Crippen LogP contribution in [0.5, 0.6) is 5.75 Å². The van der Waals surface area contributed by atoms with Crippen LogP contribution in [0.15, 0.2) is 28.7 Å². The number of benzene rings is 1. The highest BCUT2D eigenvalue weighted by atomic mass is 32.1. The Morgan fingerprint density at radius 2 is 2.12 bits per heavy atom. The topological polar surface area (TPSA) is 70.9 Å². The van der Waals surface area contributed by atoms with E-state index in [-0.39, 0.29) is 11.9 Å². The van der Waals surface area contributed by atoms with Crippen molar-refractivity contribution >= 4 is 18.2 Å². The quantitative estimate of drug-likeness (QED) is 0.609. The molecule has 0 aliphatic carbocycles. The second-order valence-corrected chi connectivity index (χ2v) is 6.66. The van der Waals surface area contributed by atoms with Crippen LogP contribution in [0.4, 0.5) is 0 Å². The molecule has 0 bridgehead atoms. The predicted molar refractivity (Wildman–Crippen MR) is 97.4 cm³/mol. The number of likely N-dealkylation sites (tertiary alicyclic amines) is 1. The molecular formula is C18H24N3O4S+. The lowest BCUT2D eigenvalue weighted by Gasteiger charge is -2.27. The molecule has 1 saturated heterocycles. The highest BCUT2D eigenvalue weighted by Gasteiger charge is 2.28. The number of piperidine rings is 1. The number of esters is 1. The van der Waals surface area contributed by atoms with E-state index < -0.39 is 0 Å². The minimum absolute atomic E-state index is 0.00246. The normalized spacial score (nSPS) is 19.9. The molecule has 8 heteroatoms. The zero-order valence-corrected chi connectivity index (χ0v) is 15.9. The Morgan fingerprint density at radius 1 is 1.38 bits per heavy atom. The van der Waals surface area contributed by atoms with Gasteiger partial charge in [-0.15, -0.1) is 5.10 Å². The number of aromatic nitrogens is 2. The summed E-state index contributed by atoms with van der Waals surface area (Å²) in [5, 5.41) is 4.54. The van der Waals surface area contributed by atoms with Crippen molar-refractivity contribution < 1.29 is 23.6 Å². The Hall–Kier alpha value is -2.19. The molecular weight excluding hydrogens is 354 g/mol. The first-order valence-electron chi connectivity index (χ1n) is 8.84. The summed E-state index contributed by atoms with van der Waals surface area (Å²) in [6.45, 7) is 4.87. The van der Waals surface area contributed by atoms with Crippen molar-refractivity contribution in [3.63, 3.8) is 0 Å². The van der Waals surface area contributed by atoms with E-state index in [1.165, 1.54) is 12.0 Å². The van der Waals surface area contributed by atoms with Gasteiger partial charge in [-0.3, -0.25) is 4.79 Å². The second-order valence-electron chi connectivity index (χ2n) is 6.31. The van der Waals surface area contributed by atoms with E-state index in [4.69, 9.17) is 26.1 Å². The second kappa shape index (κ2) is 8.46. The number of methoxy groups -OCH3 is 1. The summed E-state index contributed by atoms with van der Waals surface area (Å²) < 4.78 is 17.9. The van der Waals surface area contributed by atoms with Crippen LogP contribution in [-0.4, -0.2) is 42.6 Å². The van der Waals surface area contributed by atoms with E-state index in [0.29, 0.717) is 24.0 Å². The number of hydrogen-bond donors (Lipinski definition) is 1. The molecule has 1 N–H and O–H groups in total. The summed E-state index contributed by atoms with van der Waals surface area (Å²) in [4.78, 5) is 13.3. The Bertz CT molecular complexity index is 809. The van der Waals surface area contributed by atoms with Crippen LogP contribution in [0.3, 0.4) is 0 Å². The average Bonchev–Trinajstić information content (AvgIpc) is 3.03. The third kappa shape index (κ3) is 4.13. The Balaban J connectivity index is 1.70. The third-order valence-electron chi connectivity index (χ3n) is 4.62. The van der Waals surface area contributed by atoms with Gasteiger partial charge in [-0.05, 0) is 31.3 Å². The van der Waals surface area contributed by atoms with Crippen molar-refractivity contribution in [1.82, 2.24) is 9.78 Å². The van der Waals surface area contributed by atoms with Crippen LogP contribution in [0.1, 0.15) is 19.8 Å². The van der Waals surface area contributed by atoms with Gasteiger partial charge in [-0.25, -0.2) is 0 Å². The smallest absolute Gasteiger partial charge is 0.309 e. The summed E-state index contributed by atoms with van der Waals surface area (Å²) in [6.07, 6.45) is 1.63. The first-order valence-corrected chi connectivity index (χ1v) is 9.24. The van der Waals surface area contributed by atoms with E-state index in [1.54, 1.807) is 4.68 Å². The van der Waals surface area contributed by atoms with Gasteiger partial charge in [0.25, 0.3) is 10.7 Å². The van der Waals surface area contributed by atoms with Crippen LogP contribution in [0.2, 0.25) is 0 Å². The van der Waals surface area contributed by atoms with E-state index in [9.17, 15) is 4.79 Å². The molecule has 0 saturated carbocycles. The summed E-state index contributed by atoms with van der Waals surface area (Å²) in [5.74, 6) is 1.08. The number of para-hydroxylation sites is 1. The monoisotopic (exact) mass is 378 g/mol. The molecule has 1 aliphatic heterocycles. The molecule has 140 valence electrons. The minimum Gasteiger partial charge on any atom is -0.493 e. The molecule has 3 rings (SSSR count). The number of hydrogen-bond acceptors (Lipinski definition) is 6. The van der Waals surface area contributed by atoms with Crippen molar-refractivity contribution in [3.05, 3.63) is 29.1 Å². The molecule has 26 heavy (non-hydrogen) atoms. The van der Waals surface area contributed by atoms with Gasteiger partial charge in [0.05, 0.1) is 38.3 Å². The standard InChI is InChI=1S/C18H23N3O4S/c1-3-24-15-7-5-4-6-14(15)16-19-21(18(26)25-16)12-20-10-8-13(9-11-20)17(22)23-2/h4-7,13H,3,8-12H2,1-2H3/p+1. The summed E-state index contributed by atoms with van der Waals surface area (Å²) >= 11 is 5.34. The first kappa shape index (κ1) is 18.6. The van der Waals surface area contributed by atoms with Gasteiger partial charge in [-0.1, -0.05) is 12.1 Å². The van der Waals surface area contributed by atoms with Crippen LogP contribution < -0.4 is 9.64 Å². The Labute approximate surface area is 157 Å². The highest BCUT2D eigenvalue weighted by molar-refractivity contribution is 7.71. The van der Waals surface area contributed by atoms with Crippen LogP contribution in [0, 0.1) is 10.8 Å². The van der Waals surface area contributed by atoms with E-state index in [2.05, 4.69) is 5.10 Å². The maximum atomic E-state index is 11.6. The molecule has 0 atom stereocenters. The molecule has 0 radical (unpaired) electrons. The largest absolute Gasteiger partial charge is 0.493 e. The zero-order chi connectivity index (χ0) is 18.5. The third-order valence-corrected chi connectivity index (χ3v) is 4.92. The number of ether oxygens (including phenoxy) is 2. The minimum atomic E-state index is -0.114. The molecule has 1 aliphatic rings. The first-order chi connectivity index (χ1) is 12.6. The molecule has 0 unspecified atom stereocenters. The average molecular weight is 378 g/mol. The van der Waals surface area contributed by atoms with Gasteiger partial charge in [0.1, 0.15) is 5.75 Å². The number of quaternary nitrogens is 1. The highest BCUT2D eigenvalue weighted by Crippen LogP contribution is 2.28. The lowest BCUT2D eigenvalue weighted by molar-refractivity contribution is -0.929. The fourth-order valence-electron chi connectivity index (χ4n) is 3.24. The van der Waals surface area contributed by atoms with Crippen molar-refractivity contribution in [2.75, 3.05) is 26.8 Å². The number of nitrogens with zero attached hydrogens (tertiary/aromatic N) is 2. The van der Waals surface area contributed by atoms with Gasteiger partial charge >= 0.3 is 5.97 Å². The van der Waals surface area contributed by atoms with Gasteiger partial charge in [0.15, 0.2) is 6.67 Å². The van der Waals surface area contributed by atoms with Crippen LogP contribution >= 0.6 is 12.2 Å². The molecule has 0 amide bonds. The summed E-state index contributed by atoms with van der Waals surface area (Å²) in [5.41, 5.74) is 0.790. The lowest BCUT2D eigenvalue weighted by atomic mass is 9.97. The van der Waals surface area contributed by atoms with E-state index in [1.807, 2.05) is 31.2 Å².